The molecule has 3 aromatic carbocycles. The van der Waals surface area contributed by atoms with Gasteiger partial charge in [-0.3, -0.25) is 14.5 Å². The van der Waals surface area contributed by atoms with Crippen LogP contribution >= 0.6 is 0 Å². The summed E-state index contributed by atoms with van der Waals surface area (Å²) in [6.45, 7) is 0. The van der Waals surface area contributed by atoms with Gasteiger partial charge in [0, 0.05) is 17.3 Å². The summed E-state index contributed by atoms with van der Waals surface area (Å²) in [6, 6.07) is 14.9. The Labute approximate surface area is 188 Å². The maximum absolute atomic E-state index is 14.0. The molecule has 1 unspecified atom stereocenters. The van der Waals surface area contributed by atoms with Crippen molar-refractivity contribution in [1.29, 1.82) is 0 Å². The molecule has 0 saturated carbocycles. The smallest absolute Gasteiger partial charge is 0.300 e. The standard InChI is InChI=1S/C25H19F2NO5/c1-32-19-11-8-15(12-20(19)33-2)23(29)21-22(14-6-4-3-5-7-14)28(25(31)24(21)30)16-9-10-17(26)18(27)13-16/h3-13,22,29H,1-2H3/b23-21+. The molecule has 4 rings (SSSR count). The Bertz CT molecular complexity index is 1270. The summed E-state index contributed by atoms with van der Waals surface area (Å²) in [5, 5.41) is 11.1. The number of benzene rings is 3. The van der Waals surface area contributed by atoms with Gasteiger partial charge in [-0.05, 0) is 35.9 Å². The van der Waals surface area contributed by atoms with Crippen molar-refractivity contribution in [3.8, 4) is 11.5 Å². The van der Waals surface area contributed by atoms with Crippen molar-refractivity contribution in [2.24, 2.45) is 0 Å². The molecule has 1 aliphatic rings. The first-order chi connectivity index (χ1) is 15.9. The Morgan fingerprint density at radius 2 is 1.58 bits per heavy atom. The first kappa shape index (κ1) is 22.0. The van der Waals surface area contributed by atoms with Crippen LogP contribution in [0.25, 0.3) is 5.76 Å². The average Bonchev–Trinajstić information content (AvgIpc) is 3.10. The third-order valence-corrected chi connectivity index (χ3v) is 5.40. The maximum Gasteiger partial charge on any atom is 0.300 e. The molecule has 0 aromatic heterocycles. The summed E-state index contributed by atoms with van der Waals surface area (Å²) in [5.41, 5.74) is 0.514. The lowest BCUT2D eigenvalue weighted by Gasteiger charge is -2.25. The van der Waals surface area contributed by atoms with Gasteiger partial charge in [0.2, 0.25) is 0 Å². The van der Waals surface area contributed by atoms with Crippen LogP contribution in [0.2, 0.25) is 0 Å². The summed E-state index contributed by atoms with van der Waals surface area (Å²) < 4.78 is 38.0. The van der Waals surface area contributed by atoms with Gasteiger partial charge >= 0.3 is 0 Å². The van der Waals surface area contributed by atoms with Gasteiger partial charge in [-0.1, -0.05) is 30.3 Å². The second-order valence-electron chi connectivity index (χ2n) is 7.25. The van der Waals surface area contributed by atoms with Crippen LogP contribution in [0.15, 0.2) is 72.3 Å². The van der Waals surface area contributed by atoms with Crippen molar-refractivity contribution in [2.45, 2.75) is 6.04 Å². The van der Waals surface area contributed by atoms with E-state index in [0.29, 0.717) is 17.1 Å². The van der Waals surface area contributed by atoms with Crippen LogP contribution in [0, 0.1) is 11.6 Å². The Balaban J connectivity index is 1.94. The fourth-order valence-corrected chi connectivity index (χ4v) is 3.82. The zero-order chi connectivity index (χ0) is 23.7. The molecule has 0 spiro atoms. The summed E-state index contributed by atoms with van der Waals surface area (Å²) in [5.74, 6) is -3.90. The second-order valence-corrected chi connectivity index (χ2v) is 7.25. The molecule has 8 heteroatoms. The third kappa shape index (κ3) is 3.80. The van der Waals surface area contributed by atoms with Gasteiger partial charge in [0.05, 0.1) is 25.8 Å². The number of hydrogen-bond donors (Lipinski definition) is 1. The van der Waals surface area contributed by atoms with Crippen LogP contribution in [0.1, 0.15) is 17.2 Å². The highest BCUT2D eigenvalue weighted by atomic mass is 19.2. The molecule has 168 valence electrons. The highest BCUT2D eigenvalue weighted by Crippen LogP contribution is 2.43. The van der Waals surface area contributed by atoms with Gasteiger partial charge < -0.3 is 14.6 Å². The molecule has 0 bridgehead atoms. The predicted octanol–water partition coefficient (Wildman–Crippen LogP) is 4.61. The van der Waals surface area contributed by atoms with Gasteiger partial charge in [-0.2, -0.15) is 0 Å². The normalized spacial score (nSPS) is 17.3. The number of aliphatic hydroxyl groups excluding tert-OH is 1. The largest absolute Gasteiger partial charge is 0.507 e. The summed E-state index contributed by atoms with van der Waals surface area (Å²) in [6.07, 6.45) is 0. The number of amides is 1. The van der Waals surface area contributed by atoms with Gasteiger partial charge in [0.15, 0.2) is 23.1 Å². The van der Waals surface area contributed by atoms with Crippen LogP contribution in [-0.2, 0) is 9.59 Å². The van der Waals surface area contributed by atoms with E-state index in [0.717, 1.165) is 17.0 Å². The van der Waals surface area contributed by atoms with Gasteiger partial charge in [0.25, 0.3) is 11.7 Å². The van der Waals surface area contributed by atoms with E-state index < -0.39 is 35.1 Å². The van der Waals surface area contributed by atoms with Crippen LogP contribution in [-0.4, -0.2) is 31.0 Å². The molecule has 1 fully saturated rings. The Morgan fingerprint density at radius 1 is 0.879 bits per heavy atom. The number of ketones is 1. The number of nitrogens with zero attached hydrogens (tertiary/aromatic N) is 1. The Morgan fingerprint density at radius 3 is 2.21 bits per heavy atom. The number of hydrogen-bond acceptors (Lipinski definition) is 5. The molecular formula is C25H19F2NO5. The lowest BCUT2D eigenvalue weighted by molar-refractivity contribution is -0.132. The molecule has 0 radical (unpaired) electrons. The van der Waals surface area contributed by atoms with Crippen LogP contribution in [0.4, 0.5) is 14.5 Å². The van der Waals surface area contributed by atoms with Crippen molar-refractivity contribution in [3.63, 3.8) is 0 Å². The number of halogens is 2. The molecule has 3 aromatic rings. The fraction of sp³-hybridized carbons (Fsp3) is 0.120. The fourth-order valence-electron chi connectivity index (χ4n) is 3.82. The van der Waals surface area contributed by atoms with E-state index in [-0.39, 0.29) is 16.8 Å². The zero-order valence-electron chi connectivity index (χ0n) is 17.7. The van der Waals surface area contributed by atoms with E-state index in [1.54, 1.807) is 36.4 Å². The molecule has 0 aliphatic carbocycles. The van der Waals surface area contributed by atoms with Gasteiger partial charge in [-0.25, -0.2) is 8.78 Å². The number of aliphatic hydroxyl groups is 1. The second kappa shape index (κ2) is 8.74. The summed E-state index contributed by atoms with van der Waals surface area (Å²) >= 11 is 0. The van der Waals surface area contributed by atoms with Crippen molar-refractivity contribution in [1.82, 2.24) is 0 Å². The number of ether oxygens (including phenoxy) is 2. The number of carbonyl (C=O) groups is 2. The quantitative estimate of drug-likeness (QED) is 0.348. The van der Waals surface area contributed by atoms with Crippen LogP contribution in [0.5, 0.6) is 11.5 Å². The SMILES string of the molecule is COc1ccc(/C(O)=C2\C(=O)C(=O)N(c3ccc(F)c(F)c3)C2c2ccccc2)cc1OC. The minimum Gasteiger partial charge on any atom is -0.507 e. The molecule has 33 heavy (non-hydrogen) atoms. The van der Waals surface area contributed by atoms with E-state index >= 15 is 0 Å². The molecular weight excluding hydrogens is 432 g/mol. The van der Waals surface area contributed by atoms with E-state index in [2.05, 4.69) is 0 Å². The first-order valence-corrected chi connectivity index (χ1v) is 9.90. The van der Waals surface area contributed by atoms with Crippen molar-refractivity contribution in [2.75, 3.05) is 19.1 Å². The van der Waals surface area contributed by atoms with Crippen molar-refractivity contribution >= 4 is 23.1 Å². The van der Waals surface area contributed by atoms with E-state index in [1.807, 2.05) is 0 Å². The lowest BCUT2D eigenvalue weighted by Crippen LogP contribution is -2.29. The lowest BCUT2D eigenvalue weighted by atomic mass is 9.95. The molecule has 1 N–H and O–H groups in total. The topological polar surface area (TPSA) is 76.1 Å². The highest BCUT2D eigenvalue weighted by molar-refractivity contribution is 6.51. The number of anilines is 1. The third-order valence-electron chi connectivity index (χ3n) is 5.40. The molecule has 1 heterocycles. The number of carbonyl (C=O) groups excluding carboxylic acids is 2. The van der Waals surface area contributed by atoms with E-state index in [9.17, 15) is 23.5 Å². The van der Waals surface area contributed by atoms with Crippen LogP contribution < -0.4 is 14.4 Å². The molecule has 1 atom stereocenters. The maximum atomic E-state index is 14.0. The van der Waals surface area contributed by atoms with Gasteiger partial charge in [-0.15, -0.1) is 0 Å². The molecule has 6 nitrogen and oxygen atoms in total. The summed E-state index contributed by atoms with van der Waals surface area (Å²) in [7, 11) is 2.88. The van der Waals surface area contributed by atoms with E-state index in [1.165, 1.54) is 32.4 Å². The minimum absolute atomic E-state index is 0.0174. The number of Topliss-reactive ketones (excluding diaryl/α,β-unsaturated/α-hetero) is 1. The van der Waals surface area contributed by atoms with E-state index in [4.69, 9.17) is 9.47 Å². The molecule has 1 amide bonds. The predicted molar refractivity (Wildman–Crippen MR) is 117 cm³/mol. The van der Waals surface area contributed by atoms with Crippen LogP contribution in [0.3, 0.4) is 0 Å². The molecule has 1 aliphatic heterocycles. The minimum atomic E-state index is -1.17. The number of methoxy groups -OCH3 is 2. The monoisotopic (exact) mass is 451 g/mol. The summed E-state index contributed by atoms with van der Waals surface area (Å²) in [4.78, 5) is 27.2. The first-order valence-electron chi connectivity index (χ1n) is 9.90. The zero-order valence-corrected chi connectivity index (χ0v) is 17.7. The van der Waals surface area contributed by atoms with Crippen molar-refractivity contribution < 1.29 is 33.0 Å². The van der Waals surface area contributed by atoms with Gasteiger partial charge in [0.1, 0.15) is 5.76 Å². The molecule has 1 saturated heterocycles. The average molecular weight is 451 g/mol. The van der Waals surface area contributed by atoms with Crippen molar-refractivity contribution in [3.05, 3.63) is 95.1 Å². The highest BCUT2D eigenvalue weighted by Gasteiger charge is 2.47. The number of rotatable bonds is 5. The Hall–Kier alpha value is -4.20. The Kier molecular flexibility index (Phi) is 5.83.